The molecule has 1 unspecified atom stereocenters. The molecule has 1 atom stereocenters. The van der Waals surface area contributed by atoms with E-state index in [1.165, 1.54) is 52.1 Å². The topological polar surface area (TPSA) is 9.72 Å². The summed E-state index contributed by atoms with van der Waals surface area (Å²) in [7, 11) is 0. The van der Waals surface area contributed by atoms with Crippen molar-refractivity contribution in [2.24, 2.45) is 11.3 Å². The van der Waals surface area contributed by atoms with E-state index < -0.39 is 0 Å². The minimum atomic E-state index is 0.338. The van der Waals surface area contributed by atoms with Crippen LogP contribution in [0.25, 0.3) is 0 Å². The van der Waals surface area contributed by atoms with E-state index in [1.54, 1.807) is 0 Å². The average molecular weight is 322 g/mol. The molecule has 0 aliphatic carbocycles. The Labute approximate surface area is 144 Å². The van der Waals surface area contributed by atoms with Gasteiger partial charge in [-0.2, -0.15) is 0 Å². The van der Waals surface area contributed by atoms with Gasteiger partial charge in [0.25, 0.3) is 0 Å². The first-order valence-electron chi connectivity index (χ1n) is 9.75. The molecule has 3 rings (SSSR count). The minimum Gasteiger partial charge on any atom is -0.302 e. The van der Waals surface area contributed by atoms with Gasteiger partial charge >= 0.3 is 0 Å². The average Bonchev–Trinajstić information content (AvgIpc) is 2.38. The van der Waals surface area contributed by atoms with Gasteiger partial charge in [0.2, 0.25) is 0 Å². The lowest BCUT2D eigenvalue weighted by molar-refractivity contribution is -0.190. The van der Waals surface area contributed by atoms with Crippen LogP contribution < -0.4 is 0 Å². The summed E-state index contributed by atoms with van der Waals surface area (Å²) in [5, 5.41) is 0. The maximum absolute atomic E-state index is 2.74. The van der Waals surface area contributed by atoms with Crippen molar-refractivity contribution in [3.63, 3.8) is 0 Å². The van der Waals surface area contributed by atoms with Gasteiger partial charge in [-0.1, -0.05) is 0 Å². The second-order valence-electron chi connectivity index (χ2n) is 10.6. The maximum atomic E-state index is 2.74. The van der Waals surface area contributed by atoms with Crippen molar-refractivity contribution in [3.05, 3.63) is 0 Å². The molecule has 3 aliphatic heterocycles. The molecule has 0 bridgehead atoms. The summed E-state index contributed by atoms with van der Waals surface area (Å²) < 4.78 is 0. The Morgan fingerprint density at radius 1 is 0.870 bits per heavy atom. The van der Waals surface area contributed by atoms with E-state index in [4.69, 9.17) is 0 Å². The van der Waals surface area contributed by atoms with Crippen LogP contribution >= 0.6 is 0 Å². The third-order valence-corrected chi connectivity index (χ3v) is 6.86. The van der Waals surface area contributed by atoms with Crippen molar-refractivity contribution in [3.8, 4) is 0 Å². The number of hydrogen-bond acceptors (Lipinski definition) is 3. The number of piperidine rings is 1. The van der Waals surface area contributed by atoms with Crippen LogP contribution in [0.4, 0.5) is 0 Å². The summed E-state index contributed by atoms with van der Waals surface area (Å²) in [6, 6.07) is 0.765. The van der Waals surface area contributed by atoms with Gasteiger partial charge < -0.3 is 4.90 Å². The molecular formula is C20H39N3. The standard InChI is InChI=1S/C20H39N3/c1-16-20(15-23(16)19(5,6)7)13-21(14-20)12-17-8-10-22(11-9-17)18(2,3)4/h16-17H,8-15H2,1-7H3. The van der Waals surface area contributed by atoms with E-state index in [0.29, 0.717) is 16.5 Å². The van der Waals surface area contributed by atoms with Crippen LogP contribution in [0.1, 0.15) is 61.3 Å². The minimum absolute atomic E-state index is 0.338. The van der Waals surface area contributed by atoms with Gasteiger partial charge in [0.05, 0.1) is 0 Å². The Kier molecular flexibility index (Phi) is 4.39. The summed E-state index contributed by atoms with van der Waals surface area (Å²) in [6.07, 6.45) is 2.79. The molecule has 134 valence electrons. The first kappa shape index (κ1) is 17.7. The van der Waals surface area contributed by atoms with Crippen LogP contribution in [0.5, 0.6) is 0 Å². The van der Waals surface area contributed by atoms with Crippen LogP contribution in [0.2, 0.25) is 0 Å². The number of rotatable bonds is 2. The van der Waals surface area contributed by atoms with Crippen LogP contribution in [0.3, 0.4) is 0 Å². The Morgan fingerprint density at radius 2 is 1.43 bits per heavy atom. The monoisotopic (exact) mass is 321 g/mol. The zero-order valence-corrected chi connectivity index (χ0v) is 16.7. The molecule has 23 heavy (non-hydrogen) atoms. The first-order valence-corrected chi connectivity index (χ1v) is 9.75. The summed E-state index contributed by atoms with van der Waals surface area (Å²) in [5.41, 5.74) is 1.31. The molecule has 0 aromatic heterocycles. The van der Waals surface area contributed by atoms with E-state index in [0.717, 1.165) is 12.0 Å². The van der Waals surface area contributed by atoms with E-state index >= 15 is 0 Å². The largest absolute Gasteiger partial charge is 0.302 e. The number of nitrogens with zero attached hydrogens (tertiary/aromatic N) is 3. The normalized spacial score (nSPS) is 31.2. The molecular weight excluding hydrogens is 282 g/mol. The Hall–Kier alpha value is -0.120. The molecule has 0 radical (unpaired) electrons. The zero-order chi connectivity index (χ0) is 17.0. The fourth-order valence-corrected chi connectivity index (χ4v) is 5.13. The van der Waals surface area contributed by atoms with Crippen molar-refractivity contribution in [1.29, 1.82) is 0 Å². The van der Waals surface area contributed by atoms with Crippen LogP contribution in [0.15, 0.2) is 0 Å². The van der Waals surface area contributed by atoms with Gasteiger partial charge in [-0.3, -0.25) is 9.80 Å². The van der Waals surface area contributed by atoms with Gasteiger partial charge in [0.1, 0.15) is 0 Å². The third kappa shape index (κ3) is 3.34. The Morgan fingerprint density at radius 3 is 1.87 bits per heavy atom. The highest BCUT2D eigenvalue weighted by Gasteiger charge is 2.59. The van der Waals surface area contributed by atoms with Crippen LogP contribution in [-0.4, -0.2) is 71.1 Å². The zero-order valence-electron chi connectivity index (χ0n) is 16.7. The molecule has 0 N–H and O–H groups in total. The second-order valence-corrected chi connectivity index (χ2v) is 10.6. The van der Waals surface area contributed by atoms with Crippen molar-refractivity contribution >= 4 is 0 Å². The molecule has 1 spiro atoms. The molecule has 3 heteroatoms. The summed E-state index contributed by atoms with van der Waals surface area (Å²) in [5.74, 6) is 0.931. The Balaban J connectivity index is 1.41. The number of hydrogen-bond donors (Lipinski definition) is 0. The van der Waals surface area contributed by atoms with Crippen molar-refractivity contribution in [1.82, 2.24) is 14.7 Å². The molecule has 3 aliphatic rings. The third-order valence-electron chi connectivity index (χ3n) is 6.86. The van der Waals surface area contributed by atoms with Crippen LogP contribution in [-0.2, 0) is 0 Å². The van der Waals surface area contributed by atoms with E-state index in [1.807, 2.05) is 0 Å². The molecule has 3 heterocycles. The smallest absolute Gasteiger partial charge is 0.0238 e. The lowest BCUT2D eigenvalue weighted by Gasteiger charge is -2.68. The van der Waals surface area contributed by atoms with E-state index in [-0.39, 0.29) is 0 Å². The molecule has 0 amide bonds. The van der Waals surface area contributed by atoms with Gasteiger partial charge in [0, 0.05) is 48.7 Å². The quantitative estimate of drug-likeness (QED) is 0.772. The lowest BCUT2D eigenvalue weighted by Crippen LogP contribution is -2.79. The van der Waals surface area contributed by atoms with Crippen molar-refractivity contribution in [2.45, 2.75) is 78.4 Å². The molecule has 3 nitrogen and oxygen atoms in total. The second kappa shape index (κ2) is 5.71. The molecule has 0 aromatic carbocycles. The fraction of sp³-hybridized carbons (Fsp3) is 1.00. The predicted molar refractivity (Wildman–Crippen MR) is 98.8 cm³/mol. The van der Waals surface area contributed by atoms with Crippen LogP contribution in [0, 0.1) is 11.3 Å². The van der Waals surface area contributed by atoms with E-state index in [9.17, 15) is 0 Å². The number of likely N-dealkylation sites (tertiary alicyclic amines) is 3. The van der Waals surface area contributed by atoms with E-state index in [2.05, 4.69) is 63.2 Å². The predicted octanol–water partition coefficient (Wildman–Crippen LogP) is 3.30. The summed E-state index contributed by atoms with van der Waals surface area (Å²) in [6.45, 7) is 24.5. The van der Waals surface area contributed by atoms with Gasteiger partial charge in [-0.25, -0.2) is 0 Å². The highest BCUT2D eigenvalue weighted by Crippen LogP contribution is 2.48. The molecule has 0 aromatic rings. The molecule has 3 fully saturated rings. The molecule has 0 saturated carbocycles. The first-order chi connectivity index (χ1) is 10.5. The van der Waals surface area contributed by atoms with Crippen molar-refractivity contribution in [2.75, 3.05) is 39.3 Å². The maximum Gasteiger partial charge on any atom is 0.0238 e. The SMILES string of the molecule is CC1N(C(C)(C)C)CC12CN(CC1CCN(C(C)(C)C)CC1)C2. The van der Waals surface area contributed by atoms with Gasteiger partial charge in [-0.15, -0.1) is 0 Å². The van der Waals surface area contributed by atoms with Crippen molar-refractivity contribution < 1.29 is 0 Å². The summed E-state index contributed by atoms with van der Waals surface area (Å²) in [4.78, 5) is 8.09. The van der Waals surface area contributed by atoms with Gasteiger partial charge in [0.15, 0.2) is 0 Å². The highest BCUT2D eigenvalue weighted by atomic mass is 15.4. The summed E-state index contributed by atoms with van der Waals surface area (Å²) >= 11 is 0. The lowest BCUT2D eigenvalue weighted by atomic mass is 9.64. The fourth-order valence-electron chi connectivity index (χ4n) is 5.13. The highest BCUT2D eigenvalue weighted by molar-refractivity contribution is 5.13. The Bertz CT molecular complexity index is 417. The van der Waals surface area contributed by atoms with Gasteiger partial charge in [-0.05, 0) is 80.3 Å². The molecule has 3 saturated heterocycles.